The molecule has 1 heterocycles. The van der Waals surface area contributed by atoms with E-state index < -0.39 is 12.0 Å². The fourth-order valence-corrected chi connectivity index (χ4v) is 1.32. The molecular formula is C7H10BrN3O2. The molecule has 13 heavy (non-hydrogen) atoms. The third kappa shape index (κ3) is 1.88. The van der Waals surface area contributed by atoms with Gasteiger partial charge >= 0.3 is 5.97 Å². The van der Waals surface area contributed by atoms with Gasteiger partial charge in [0.25, 0.3) is 0 Å². The first-order valence-electron chi connectivity index (χ1n) is 3.88. The first-order valence-corrected chi connectivity index (χ1v) is 4.67. The Labute approximate surface area is 83.9 Å². The van der Waals surface area contributed by atoms with Crippen LogP contribution in [0.2, 0.25) is 0 Å². The molecule has 0 saturated heterocycles. The normalized spacial score (nSPS) is 12.8. The summed E-state index contributed by atoms with van der Waals surface area (Å²) in [6.45, 7) is 3.57. The number of carboxylic acid groups (broad SMARTS) is 1. The fraction of sp³-hybridized carbons (Fsp3) is 0.571. The van der Waals surface area contributed by atoms with E-state index in [1.54, 1.807) is 13.8 Å². The van der Waals surface area contributed by atoms with Gasteiger partial charge in [-0.1, -0.05) is 12.1 Å². The number of carbonyl (C=O) groups is 1. The van der Waals surface area contributed by atoms with E-state index in [-0.39, 0.29) is 0 Å². The van der Waals surface area contributed by atoms with E-state index in [9.17, 15) is 4.79 Å². The highest BCUT2D eigenvalue weighted by atomic mass is 79.9. The number of hydrogen-bond donors (Lipinski definition) is 1. The van der Waals surface area contributed by atoms with Gasteiger partial charge in [-0.05, 0) is 29.3 Å². The van der Waals surface area contributed by atoms with Crippen LogP contribution in [0.1, 0.15) is 25.1 Å². The number of aliphatic carboxylic acids is 1. The van der Waals surface area contributed by atoms with E-state index in [2.05, 4.69) is 26.2 Å². The molecule has 5 nitrogen and oxygen atoms in total. The number of hydrogen-bond acceptors (Lipinski definition) is 3. The summed E-state index contributed by atoms with van der Waals surface area (Å²) in [6.07, 6.45) is 0.492. The summed E-state index contributed by atoms with van der Waals surface area (Å²) in [7, 11) is 0. The maximum atomic E-state index is 10.8. The third-order valence-corrected chi connectivity index (χ3v) is 2.57. The molecule has 0 spiro atoms. The van der Waals surface area contributed by atoms with Gasteiger partial charge in [0.15, 0.2) is 10.6 Å². The van der Waals surface area contributed by atoms with Crippen LogP contribution in [0.3, 0.4) is 0 Å². The van der Waals surface area contributed by atoms with Crippen molar-refractivity contribution >= 4 is 21.9 Å². The second kappa shape index (κ2) is 3.87. The van der Waals surface area contributed by atoms with Gasteiger partial charge in [-0.3, -0.25) is 0 Å². The molecule has 1 rings (SSSR count). The molecular weight excluding hydrogens is 238 g/mol. The van der Waals surface area contributed by atoms with Crippen molar-refractivity contribution in [2.75, 3.05) is 0 Å². The Hall–Kier alpha value is -0.910. The van der Waals surface area contributed by atoms with Crippen molar-refractivity contribution in [1.82, 2.24) is 15.0 Å². The fourth-order valence-electron chi connectivity index (χ4n) is 1.07. The molecule has 0 aliphatic carbocycles. The highest BCUT2D eigenvalue weighted by molar-refractivity contribution is 9.10. The third-order valence-electron chi connectivity index (χ3n) is 1.84. The topological polar surface area (TPSA) is 68.0 Å². The predicted molar refractivity (Wildman–Crippen MR) is 49.4 cm³/mol. The van der Waals surface area contributed by atoms with E-state index >= 15 is 0 Å². The van der Waals surface area contributed by atoms with Gasteiger partial charge in [-0.2, -0.15) is 0 Å². The average molecular weight is 248 g/mol. The molecule has 0 saturated carbocycles. The molecule has 0 amide bonds. The first-order chi connectivity index (χ1) is 6.07. The van der Waals surface area contributed by atoms with E-state index in [4.69, 9.17) is 5.11 Å². The molecule has 0 aliphatic heterocycles. The average Bonchev–Trinajstić information content (AvgIpc) is 2.37. The summed E-state index contributed by atoms with van der Waals surface area (Å²) in [5.41, 5.74) is 0.731. The van der Waals surface area contributed by atoms with Crippen LogP contribution in [0.5, 0.6) is 0 Å². The molecule has 1 aromatic rings. The molecule has 0 fully saturated rings. The summed E-state index contributed by atoms with van der Waals surface area (Å²) in [4.78, 5) is 10.8. The predicted octanol–water partition coefficient (Wildman–Crippen LogP) is 1.38. The molecule has 0 radical (unpaired) electrons. The maximum Gasteiger partial charge on any atom is 0.328 e. The summed E-state index contributed by atoms with van der Waals surface area (Å²) in [6, 6.07) is -0.626. The van der Waals surface area contributed by atoms with Gasteiger partial charge in [-0.15, -0.1) is 5.10 Å². The number of carboxylic acids is 1. The van der Waals surface area contributed by atoms with Crippen molar-refractivity contribution in [3.8, 4) is 0 Å². The summed E-state index contributed by atoms with van der Waals surface area (Å²) < 4.78 is 2.00. The van der Waals surface area contributed by atoms with Gasteiger partial charge in [0, 0.05) is 0 Å². The highest BCUT2D eigenvalue weighted by Gasteiger charge is 2.21. The van der Waals surface area contributed by atoms with Gasteiger partial charge in [0.2, 0.25) is 0 Å². The molecule has 1 N–H and O–H groups in total. The van der Waals surface area contributed by atoms with Crippen LogP contribution >= 0.6 is 15.9 Å². The molecule has 0 aromatic carbocycles. The lowest BCUT2D eigenvalue weighted by Gasteiger charge is -2.10. The molecule has 0 aliphatic rings. The second-order valence-corrected chi connectivity index (χ2v) is 3.42. The van der Waals surface area contributed by atoms with Crippen LogP contribution in [0, 0.1) is 6.92 Å². The van der Waals surface area contributed by atoms with Crippen molar-refractivity contribution in [2.24, 2.45) is 0 Å². The zero-order valence-corrected chi connectivity index (χ0v) is 8.95. The molecule has 72 valence electrons. The van der Waals surface area contributed by atoms with E-state index in [0.29, 0.717) is 11.0 Å². The number of rotatable bonds is 3. The second-order valence-electron chi connectivity index (χ2n) is 2.67. The minimum absolute atomic E-state index is 0.492. The van der Waals surface area contributed by atoms with Crippen molar-refractivity contribution in [3.63, 3.8) is 0 Å². The van der Waals surface area contributed by atoms with Crippen molar-refractivity contribution in [2.45, 2.75) is 26.3 Å². The molecule has 1 aromatic heterocycles. The Morgan fingerprint density at radius 1 is 1.77 bits per heavy atom. The highest BCUT2D eigenvalue weighted by Crippen LogP contribution is 2.17. The van der Waals surface area contributed by atoms with Gasteiger partial charge in [0.1, 0.15) is 0 Å². The zero-order chi connectivity index (χ0) is 10.0. The van der Waals surface area contributed by atoms with Crippen molar-refractivity contribution < 1.29 is 9.90 Å². The van der Waals surface area contributed by atoms with Gasteiger partial charge in [-0.25, -0.2) is 9.48 Å². The minimum Gasteiger partial charge on any atom is -0.480 e. The SMILES string of the molecule is CCC(C(=O)O)n1nnc(Br)c1C. The lowest BCUT2D eigenvalue weighted by Crippen LogP contribution is -2.20. The lowest BCUT2D eigenvalue weighted by atomic mass is 10.2. The monoisotopic (exact) mass is 247 g/mol. The smallest absolute Gasteiger partial charge is 0.328 e. The van der Waals surface area contributed by atoms with Crippen molar-refractivity contribution in [3.05, 3.63) is 10.3 Å². The zero-order valence-electron chi connectivity index (χ0n) is 7.36. The largest absolute Gasteiger partial charge is 0.480 e. The van der Waals surface area contributed by atoms with E-state index in [1.165, 1.54) is 4.68 Å². The molecule has 6 heteroatoms. The van der Waals surface area contributed by atoms with Crippen LogP contribution in [0.25, 0.3) is 0 Å². The lowest BCUT2D eigenvalue weighted by molar-refractivity contribution is -0.141. The Morgan fingerprint density at radius 3 is 2.69 bits per heavy atom. The van der Waals surface area contributed by atoms with Crippen LogP contribution in [-0.4, -0.2) is 26.1 Å². The van der Waals surface area contributed by atoms with E-state index in [0.717, 1.165) is 5.69 Å². The molecule has 1 atom stereocenters. The number of aromatic nitrogens is 3. The Kier molecular flexibility index (Phi) is 3.02. The van der Waals surface area contributed by atoms with Crippen LogP contribution < -0.4 is 0 Å². The Bertz CT molecular complexity index is 324. The van der Waals surface area contributed by atoms with E-state index in [1.807, 2.05) is 0 Å². The van der Waals surface area contributed by atoms with Gasteiger partial charge < -0.3 is 5.11 Å². The van der Waals surface area contributed by atoms with Crippen LogP contribution in [0.4, 0.5) is 0 Å². The maximum absolute atomic E-state index is 10.8. The Morgan fingerprint density at radius 2 is 2.38 bits per heavy atom. The minimum atomic E-state index is -0.886. The summed E-state index contributed by atoms with van der Waals surface area (Å²) in [5, 5.41) is 16.3. The van der Waals surface area contributed by atoms with Crippen LogP contribution in [-0.2, 0) is 4.79 Å². The van der Waals surface area contributed by atoms with Crippen LogP contribution in [0.15, 0.2) is 4.60 Å². The quantitative estimate of drug-likeness (QED) is 0.877. The first kappa shape index (κ1) is 10.2. The van der Waals surface area contributed by atoms with Gasteiger partial charge in [0.05, 0.1) is 5.69 Å². The number of nitrogens with zero attached hydrogens (tertiary/aromatic N) is 3. The summed E-state index contributed by atoms with van der Waals surface area (Å²) in [5.74, 6) is -0.886. The molecule has 1 unspecified atom stereocenters. The number of halogens is 1. The Balaban J connectivity index is 3.05. The molecule has 0 bridgehead atoms. The van der Waals surface area contributed by atoms with Crippen molar-refractivity contribution in [1.29, 1.82) is 0 Å². The summed E-state index contributed by atoms with van der Waals surface area (Å²) >= 11 is 3.18. The standard InChI is InChI=1S/C7H10BrN3O2/c1-3-5(7(12)13)11-4(2)6(8)9-10-11/h5H,3H2,1-2H3,(H,12,13).